The minimum Gasteiger partial charge on any atom is -0.383 e. The van der Waals surface area contributed by atoms with Crippen molar-refractivity contribution in [2.75, 3.05) is 46.4 Å². The highest BCUT2D eigenvalue weighted by Crippen LogP contribution is 1.95. The van der Waals surface area contributed by atoms with Crippen LogP contribution in [0.1, 0.15) is 33.1 Å². The Morgan fingerprint density at radius 2 is 1.87 bits per heavy atom. The van der Waals surface area contributed by atoms with E-state index >= 15 is 0 Å². The predicted molar refractivity (Wildman–Crippen MR) is 66.4 cm³/mol. The monoisotopic (exact) mass is 216 g/mol. The van der Waals surface area contributed by atoms with Gasteiger partial charge in [0.05, 0.1) is 6.61 Å². The molecule has 1 N–H and O–H groups in total. The fraction of sp³-hybridized carbons (Fsp3) is 1.00. The van der Waals surface area contributed by atoms with E-state index in [4.69, 9.17) is 4.74 Å². The molecule has 0 bridgehead atoms. The van der Waals surface area contributed by atoms with Crippen molar-refractivity contribution >= 4 is 0 Å². The van der Waals surface area contributed by atoms with E-state index < -0.39 is 0 Å². The zero-order valence-electron chi connectivity index (χ0n) is 10.7. The Kier molecular flexibility index (Phi) is 11.9. The van der Waals surface area contributed by atoms with E-state index in [1.807, 2.05) is 0 Å². The van der Waals surface area contributed by atoms with Gasteiger partial charge in [-0.15, -0.1) is 0 Å². The number of rotatable bonds is 11. The van der Waals surface area contributed by atoms with Crippen molar-refractivity contribution < 1.29 is 4.74 Å². The average molecular weight is 216 g/mol. The topological polar surface area (TPSA) is 24.5 Å². The minimum atomic E-state index is 0.816. The van der Waals surface area contributed by atoms with E-state index in [-0.39, 0.29) is 0 Å². The standard InChI is InChI=1S/C12H28N2O/c1-4-10-14(5-2)11-7-6-8-13-9-12-15-3/h13H,4-12H2,1-3H3. The van der Waals surface area contributed by atoms with Gasteiger partial charge in [-0.25, -0.2) is 0 Å². The largest absolute Gasteiger partial charge is 0.383 e. The third kappa shape index (κ3) is 10.2. The van der Waals surface area contributed by atoms with E-state index in [9.17, 15) is 0 Å². The second-order valence-corrected chi connectivity index (χ2v) is 3.88. The van der Waals surface area contributed by atoms with Gasteiger partial charge >= 0.3 is 0 Å². The van der Waals surface area contributed by atoms with Crippen LogP contribution in [-0.2, 0) is 4.74 Å². The van der Waals surface area contributed by atoms with Crippen LogP contribution in [0.3, 0.4) is 0 Å². The number of unbranched alkanes of at least 4 members (excludes halogenated alkanes) is 1. The maximum Gasteiger partial charge on any atom is 0.0587 e. The second kappa shape index (κ2) is 12.0. The number of nitrogens with zero attached hydrogens (tertiary/aromatic N) is 1. The van der Waals surface area contributed by atoms with Gasteiger partial charge in [-0.2, -0.15) is 0 Å². The molecule has 0 aliphatic rings. The molecule has 0 aromatic heterocycles. The quantitative estimate of drug-likeness (QED) is 0.532. The van der Waals surface area contributed by atoms with E-state index in [1.165, 1.54) is 38.9 Å². The van der Waals surface area contributed by atoms with E-state index in [2.05, 4.69) is 24.1 Å². The van der Waals surface area contributed by atoms with Crippen molar-refractivity contribution in [2.45, 2.75) is 33.1 Å². The molecule has 0 heterocycles. The number of methoxy groups -OCH3 is 1. The smallest absolute Gasteiger partial charge is 0.0587 e. The first-order chi connectivity index (χ1) is 7.35. The summed E-state index contributed by atoms with van der Waals surface area (Å²) in [5.41, 5.74) is 0. The van der Waals surface area contributed by atoms with Crippen LogP contribution in [0.5, 0.6) is 0 Å². The molecule has 0 aliphatic heterocycles. The van der Waals surface area contributed by atoms with Crippen molar-refractivity contribution in [3.8, 4) is 0 Å². The van der Waals surface area contributed by atoms with E-state index in [0.717, 1.165) is 19.7 Å². The summed E-state index contributed by atoms with van der Waals surface area (Å²) in [7, 11) is 1.74. The SMILES string of the molecule is CCCN(CC)CCCCNCCOC. The van der Waals surface area contributed by atoms with Crippen molar-refractivity contribution in [1.82, 2.24) is 10.2 Å². The third-order valence-electron chi connectivity index (χ3n) is 2.55. The summed E-state index contributed by atoms with van der Waals surface area (Å²) in [6.45, 7) is 11.1. The van der Waals surface area contributed by atoms with Crippen molar-refractivity contribution in [3.63, 3.8) is 0 Å². The van der Waals surface area contributed by atoms with Crippen molar-refractivity contribution in [1.29, 1.82) is 0 Å². The zero-order valence-corrected chi connectivity index (χ0v) is 10.7. The zero-order chi connectivity index (χ0) is 11.4. The second-order valence-electron chi connectivity index (χ2n) is 3.88. The molecule has 15 heavy (non-hydrogen) atoms. The lowest BCUT2D eigenvalue weighted by Crippen LogP contribution is -2.26. The van der Waals surface area contributed by atoms with Crippen molar-refractivity contribution in [2.24, 2.45) is 0 Å². The molecule has 0 aromatic rings. The van der Waals surface area contributed by atoms with Gasteiger partial charge in [-0.3, -0.25) is 0 Å². The highest BCUT2D eigenvalue weighted by molar-refractivity contribution is 4.55. The molecule has 0 aromatic carbocycles. The fourth-order valence-corrected chi connectivity index (χ4v) is 1.63. The van der Waals surface area contributed by atoms with Gasteiger partial charge in [0.1, 0.15) is 0 Å². The molecular formula is C12H28N2O. The lowest BCUT2D eigenvalue weighted by atomic mass is 10.2. The third-order valence-corrected chi connectivity index (χ3v) is 2.55. The Morgan fingerprint density at radius 3 is 2.47 bits per heavy atom. The maximum atomic E-state index is 4.97. The molecule has 3 nitrogen and oxygen atoms in total. The Labute approximate surface area is 95.2 Å². The Morgan fingerprint density at radius 1 is 1.07 bits per heavy atom. The van der Waals surface area contributed by atoms with Gasteiger partial charge in [0.2, 0.25) is 0 Å². The molecule has 0 fully saturated rings. The molecule has 0 rings (SSSR count). The minimum absolute atomic E-state index is 0.816. The van der Waals surface area contributed by atoms with Gasteiger partial charge in [0, 0.05) is 13.7 Å². The Balaban J connectivity index is 3.14. The first-order valence-corrected chi connectivity index (χ1v) is 6.27. The van der Waals surface area contributed by atoms with E-state index in [0.29, 0.717) is 0 Å². The number of ether oxygens (including phenoxy) is 1. The molecule has 0 radical (unpaired) electrons. The van der Waals surface area contributed by atoms with Crippen molar-refractivity contribution in [3.05, 3.63) is 0 Å². The van der Waals surface area contributed by atoms with Crippen LogP contribution in [-0.4, -0.2) is 51.3 Å². The summed E-state index contributed by atoms with van der Waals surface area (Å²) in [6.07, 6.45) is 3.83. The Hall–Kier alpha value is -0.120. The summed E-state index contributed by atoms with van der Waals surface area (Å²) in [4.78, 5) is 2.52. The molecule has 0 amide bonds. The van der Waals surface area contributed by atoms with Gasteiger partial charge in [0.25, 0.3) is 0 Å². The Bertz CT molecular complexity index is 120. The van der Waals surface area contributed by atoms with Crippen LogP contribution in [0.25, 0.3) is 0 Å². The number of hydrogen-bond acceptors (Lipinski definition) is 3. The first kappa shape index (κ1) is 14.9. The summed E-state index contributed by atoms with van der Waals surface area (Å²) in [6, 6.07) is 0. The van der Waals surface area contributed by atoms with Gasteiger partial charge in [-0.05, 0) is 45.4 Å². The molecule has 0 spiro atoms. The molecule has 0 saturated heterocycles. The first-order valence-electron chi connectivity index (χ1n) is 6.27. The summed E-state index contributed by atoms with van der Waals surface area (Å²) in [5.74, 6) is 0. The summed E-state index contributed by atoms with van der Waals surface area (Å²) in [5, 5.41) is 3.37. The van der Waals surface area contributed by atoms with Gasteiger partial charge in [-0.1, -0.05) is 13.8 Å². The van der Waals surface area contributed by atoms with Crippen LogP contribution in [0.4, 0.5) is 0 Å². The molecule has 0 aliphatic carbocycles. The average Bonchev–Trinajstić information content (AvgIpc) is 2.26. The van der Waals surface area contributed by atoms with E-state index in [1.54, 1.807) is 7.11 Å². The lowest BCUT2D eigenvalue weighted by Gasteiger charge is -2.19. The summed E-state index contributed by atoms with van der Waals surface area (Å²) >= 11 is 0. The van der Waals surface area contributed by atoms with Crippen LogP contribution in [0.2, 0.25) is 0 Å². The number of nitrogens with one attached hydrogen (secondary N) is 1. The van der Waals surface area contributed by atoms with Crippen LogP contribution >= 0.6 is 0 Å². The highest BCUT2D eigenvalue weighted by atomic mass is 16.5. The predicted octanol–water partition coefficient (Wildman–Crippen LogP) is 1.73. The molecular weight excluding hydrogens is 188 g/mol. The molecule has 0 atom stereocenters. The van der Waals surface area contributed by atoms with Gasteiger partial charge < -0.3 is 15.0 Å². The number of hydrogen-bond donors (Lipinski definition) is 1. The molecule has 92 valence electrons. The fourth-order valence-electron chi connectivity index (χ4n) is 1.63. The highest BCUT2D eigenvalue weighted by Gasteiger charge is 1.99. The maximum absolute atomic E-state index is 4.97. The van der Waals surface area contributed by atoms with Crippen LogP contribution in [0, 0.1) is 0 Å². The van der Waals surface area contributed by atoms with Crippen LogP contribution < -0.4 is 5.32 Å². The molecule has 0 saturated carbocycles. The van der Waals surface area contributed by atoms with Gasteiger partial charge in [0.15, 0.2) is 0 Å². The normalized spacial score (nSPS) is 11.2. The molecule has 0 unspecified atom stereocenters. The molecule has 3 heteroatoms. The summed E-state index contributed by atoms with van der Waals surface area (Å²) < 4.78 is 4.97. The lowest BCUT2D eigenvalue weighted by molar-refractivity contribution is 0.199. The van der Waals surface area contributed by atoms with Crippen LogP contribution in [0.15, 0.2) is 0 Å².